The molecule has 2 N–H and O–H groups in total. The van der Waals surface area contributed by atoms with E-state index in [4.69, 9.17) is 12.2 Å². The van der Waals surface area contributed by atoms with E-state index in [1.165, 1.54) is 12.1 Å². The molecule has 2 fully saturated rings. The zero-order valence-electron chi connectivity index (χ0n) is 9.37. The second kappa shape index (κ2) is 3.92. The minimum absolute atomic E-state index is 0.249. The summed E-state index contributed by atoms with van der Waals surface area (Å²) in [4.78, 5) is 2.13. The molecule has 0 saturated carbocycles. The zero-order chi connectivity index (χ0) is 11.9. The van der Waals surface area contributed by atoms with Gasteiger partial charge in [0, 0.05) is 37.3 Å². The lowest BCUT2D eigenvalue weighted by Crippen LogP contribution is -2.72. The van der Waals surface area contributed by atoms with Crippen LogP contribution in [0.5, 0.6) is 0 Å². The van der Waals surface area contributed by atoms with E-state index < -0.39 is 0 Å². The van der Waals surface area contributed by atoms with E-state index in [2.05, 4.69) is 15.5 Å². The molecule has 0 aliphatic carbocycles. The van der Waals surface area contributed by atoms with Crippen LogP contribution in [0.15, 0.2) is 24.3 Å². The second-order valence-corrected chi connectivity index (χ2v) is 5.29. The van der Waals surface area contributed by atoms with Crippen LogP contribution in [0, 0.1) is 11.2 Å². The summed E-state index contributed by atoms with van der Waals surface area (Å²) in [6, 6.07) is 6.36. The molecule has 1 aromatic rings. The van der Waals surface area contributed by atoms with Gasteiger partial charge in [-0.3, -0.25) is 0 Å². The standard InChI is InChI=1S/C12H14FN3S/c13-9-2-1-3-10(4-9)15-11(17)16-7-12(8-16)5-14-6-12/h1-4,14H,5-8H2,(H,15,17). The van der Waals surface area contributed by atoms with Gasteiger partial charge in [-0.25, -0.2) is 4.39 Å². The summed E-state index contributed by atoms with van der Waals surface area (Å²) in [5.41, 5.74) is 1.16. The predicted molar refractivity (Wildman–Crippen MR) is 69.5 cm³/mol. The van der Waals surface area contributed by atoms with Gasteiger partial charge in [0.05, 0.1) is 0 Å². The molecule has 0 unspecified atom stereocenters. The molecule has 2 heterocycles. The molecule has 2 aliphatic rings. The summed E-state index contributed by atoms with van der Waals surface area (Å²) < 4.78 is 13.0. The average Bonchev–Trinajstić information content (AvgIpc) is 2.12. The third-order valence-electron chi connectivity index (χ3n) is 3.42. The van der Waals surface area contributed by atoms with Crippen molar-refractivity contribution in [2.24, 2.45) is 5.41 Å². The highest BCUT2D eigenvalue weighted by molar-refractivity contribution is 7.80. The van der Waals surface area contributed by atoms with Gasteiger partial charge in [-0.1, -0.05) is 6.07 Å². The van der Waals surface area contributed by atoms with E-state index in [-0.39, 0.29) is 5.82 Å². The number of nitrogens with zero attached hydrogens (tertiary/aromatic N) is 1. The highest BCUT2D eigenvalue weighted by Gasteiger charge is 2.48. The van der Waals surface area contributed by atoms with Crippen LogP contribution < -0.4 is 10.6 Å². The van der Waals surface area contributed by atoms with Crippen LogP contribution in [0.4, 0.5) is 10.1 Å². The molecule has 2 aliphatic heterocycles. The fraction of sp³-hybridized carbons (Fsp3) is 0.417. The normalized spacial score (nSPS) is 20.6. The number of hydrogen-bond acceptors (Lipinski definition) is 2. The van der Waals surface area contributed by atoms with Crippen molar-refractivity contribution in [2.45, 2.75) is 0 Å². The molecule has 0 amide bonds. The molecule has 3 rings (SSSR count). The number of thiocarbonyl (C=S) groups is 1. The van der Waals surface area contributed by atoms with Crippen molar-refractivity contribution in [3.63, 3.8) is 0 Å². The van der Waals surface area contributed by atoms with Gasteiger partial charge in [0.15, 0.2) is 5.11 Å². The summed E-state index contributed by atoms with van der Waals surface area (Å²) >= 11 is 5.30. The van der Waals surface area contributed by atoms with Gasteiger partial charge in [0.1, 0.15) is 5.82 Å². The number of likely N-dealkylation sites (tertiary alicyclic amines) is 1. The quantitative estimate of drug-likeness (QED) is 0.738. The molecular weight excluding hydrogens is 237 g/mol. The summed E-state index contributed by atoms with van der Waals surface area (Å²) in [7, 11) is 0. The van der Waals surface area contributed by atoms with E-state index in [9.17, 15) is 4.39 Å². The summed E-state index contributed by atoms with van der Waals surface area (Å²) in [6.07, 6.45) is 0. The summed E-state index contributed by atoms with van der Waals surface area (Å²) in [5, 5.41) is 7.04. The number of hydrogen-bond donors (Lipinski definition) is 2. The molecule has 2 saturated heterocycles. The minimum Gasteiger partial charge on any atom is -0.348 e. The molecule has 5 heteroatoms. The maximum absolute atomic E-state index is 13.0. The monoisotopic (exact) mass is 251 g/mol. The van der Waals surface area contributed by atoms with Crippen LogP contribution in [0.1, 0.15) is 0 Å². The number of benzene rings is 1. The fourth-order valence-corrected chi connectivity index (χ4v) is 2.62. The van der Waals surface area contributed by atoms with Gasteiger partial charge in [-0.2, -0.15) is 0 Å². The first-order valence-electron chi connectivity index (χ1n) is 5.69. The van der Waals surface area contributed by atoms with Gasteiger partial charge >= 0.3 is 0 Å². The van der Waals surface area contributed by atoms with E-state index in [0.717, 1.165) is 26.2 Å². The Balaban J connectivity index is 1.57. The van der Waals surface area contributed by atoms with Crippen molar-refractivity contribution < 1.29 is 4.39 Å². The summed E-state index contributed by atoms with van der Waals surface area (Å²) in [5.74, 6) is -0.249. The Hall–Kier alpha value is -1.20. The SMILES string of the molecule is Fc1cccc(NC(=S)N2CC3(CNC3)C2)c1. The van der Waals surface area contributed by atoms with E-state index in [0.29, 0.717) is 16.2 Å². The lowest BCUT2D eigenvalue weighted by Gasteiger charge is -2.56. The highest BCUT2D eigenvalue weighted by atomic mass is 32.1. The van der Waals surface area contributed by atoms with Crippen LogP contribution in [-0.4, -0.2) is 36.2 Å². The van der Waals surface area contributed by atoms with Gasteiger partial charge in [-0.15, -0.1) is 0 Å². The lowest BCUT2D eigenvalue weighted by molar-refractivity contribution is 0.00868. The first kappa shape index (κ1) is 10.9. The Morgan fingerprint density at radius 3 is 2.76 bits per heavy atom. The topological polar surface area (TPSA) is 27.3 Å². The molecule has 90 valence electrons. The average molecular weight is 251 g/mol. The number of nitrogens with one attached hydrogen (secondary N) is 2. The molecular formula is C12H14FN3S. The van der Waals surface area contributed by atoms with Gasteiger partial charge in [-0.05, 0) is 30.4 Å². The highest BCUT2D eigenvalue weighted by Crippen LogP contribution is 2.34. The van der Waals surface area contributed by atoms with Crippen LogP contribution in [0.2, 0.25) is 0 Å². The maximum Gasteiger partial charge on any atom is 0.173 e. The first-order chi connectivity index (χ1) is 8.17. The Morgan fingerprint density at radius 1 is 1.41 bits per heavy atom. The molecule has 0 bridgehead atoms. The number of anilines is 1. The van der Waals surface area contributed by atoms with Crippen LogP contribution in [0.3, 0.4) is 0 Å². The number of halogens is 1. The van der Waals surface area contributed by atoms with Gasteiger partial charge in [0.25, 0.3) is 0 Å². The molecule has 0 aromatic heterocycles. The Kier molecular flexibility index (Phi) is 2.52. The van der Waals surface area contributed by atoms with Crippen molar-refractivity contribution in [2.75, 3.05) is 31.5 Å². The predicted octanol–water partition coefficient (Wildman–Crippen LogP) is 1.43. The largest absolute Gasteiger partial charge is 0.348 e. The van der Waals surface area contributed by atoms with Gasteiger partial charge < -0.3 is 15.5 Å². The third-order valence-corrected chi connectivity index (χ3v) is 3.78. The lowest BCUT2D eigenvalue weighted by atomic mass is 9.75. The van der Waals surface area contributed by atoms with Crippen molar-refractivity contribution in [3.05, 3.63) is 30.1 Å². The van der Waals surface area contributed by atoms with Crippen molar-refractivity contribution >= 4 is 23.0 Å². The van der Waals surface area contributed by atoms with Gasteiger partial charge in [0.2, 0.25) is 0 Å². The third kappa shape index (κ3) is 2.00. The molecule has 0 atom stereocenters. The van der Waals surface area contributed by atoms with E-state index in [1.54, 1.807) is 6.07 Å². The smallest absolute Gasteiger partial charge is 0.173 e. The van der Waals surface area contributed by atoms with Crippen LogP contribution >= 0.6 is 12.2 Å². The molecule has 1 aromatic carbocycles. The van der Waals surface area contributed by atoms with Crippen molar-refractivity contribution in [3.8, 4) is 0 Å². The van der Waals surface area contributed by atoms with Crippen molar-refractivity contribution in [1.82, 2.24) is 10.2 Å². The summed E-state index contributed by atoms with van der Waals surface area (Å²) in [6.45, 7) is 4.18. The Labute approximate surface area is 105 Å². The van der Waals surface area contributed by atoms with E-state index >= 15 is 0 Å². The molecule has 0 radical (unpaired) electrons. The maximum atomic E-state index is 13.0. The van der Waals surface area contributed by atoms with E-state index in [1.807, 2.05) is 6.07 Å². The number of rotatable bonds is 1. The Morgan fingerprint density at radius 2 is 2.18 bits per heavy atom. The minimum atomic E-state index is -0.249. The van der Waals surface area contributed by atoms with Crippen molar-refractivity contribution in [1.29, 1.82) is 0 Å². The zero-order valence-corrected chi connectivity index (χ0v) is 10.2. The second-order valence-electron chi connectivity index (χ2n) is 4.90. The molecule has 17 heavy (non-hydrogen) atoms. The van der Waals surface area contributed by atoms with Crippen LogP contribution in [-0.2, 0) is 0 Å². The fourth-order valence-electron chi connectivity index (χ4n) is 2.38. The first-order valence-corrected chi connectivity index (χ1v) is 6.10. The molecule has 1 spiro atoms. The molecule has 3 nitrogen and oxygen atoms in total. The van der Waals surface area contributed by atoms with Crippen LogP contribution in [0.25, 0.3) is 0 Å². The Bertz CT molecular complexity index is 451.